The predicted octanol–water partition coefficient (Wildman–Crippen LogP) is 0.899. The average Bonchev–Trinajstić information content (AvgIpc) is 2.14. The molecule has 0 saturated heterocycles. The van der Waals surface area contributed by atoms with Crippen molar-refractivity contribution in [2.24, 2.45) is 0 Å². The van der Waals surface area contributed by atoms with Crippen LogP contribution in [0.15, 0.2) is 15.8 Å². The molecule has 0 aliphatic heterocycles. The monoisotopic (exact) mass is 196 g/mol. The topological polar surface area (TPSA) is 54.9 Å². The number of hydrogen-bond acceptors (Lipinski definition) is 2. The van der Waals surface area contributed by atoms with Crippen LogP contribution in [0, 0.1) is 0 Å². The molecule has 1 heterocycles. The Morgan fingerprint density at radius 3 is 2.57 bits per heavy atom. The van der Waals surface area contributed by atoms with Gasteiger partial charge in [-0.3, -0.25) is 9.78 Å². The molecule has 1 aromatic heterocycles. The lowest BCUT2D eigenvalue weighted by Gasteiger charge is -2.04. The second-order valence-corrected chi connectivity index (χ2v) is 3.36. The van der Waals surface area contributed by atoms with Crippen LogP contribution in [0.1, 0.15) is 32.3 Å². The van der Waals surface area contributed by atoms with Crippen LogP contribution in [0.3, 0.4) is 0 Å². The van der Waals surface area contributed by atoms with E-state index >= 15 is 0 Å². The summed E-state index contributed by atoms with van der Waals surface area (Å²) in [6, 6.07) is 0. The van der Waals surface area contributed by atoms with Crippen LogP contribution in [0.25, 0.3) is 0 Å². The number of H-pyrrole nitrogens is 1. The molecule has 0 atom stereocenters. The van der Waals surface area contributed by atoms with Crippen LogP contribution in [-0.4, -0.2) is 9.55 Å². The highest BCUT2D eigenvalue weighted by Gasteiger charge is 2.02. The average molecular weight is 196 g/mol. The molecule has 0 radical (unpaired) electrons. The van der Waals surface area contributed by atoms with Gasteiger partial charge in [0.25, 0.3) is 5.56 Å². The minimum Gasteiger partial charge on any atom is -0.300 e. The summed E-state index contributed by atoms with van der Waals surface area (Å²) in [4.78, 5) is 24.9. The molecule has 14 heavy (non-hydrogen) atoms. The third-order valence-corrected chi connectivity index (χ3v) is 2.07. The van der Waals surface area contributed by atoms with E-state index in [2.05, 4.69) is 4.98 Å². The third-order valence-electron chi connectivity index (χ3n) is 2.07. The van der Waals surface area contributed by atoms with Crippen molar-refractivity contribution in [3.63, 3.8) is 0 Å². The maximum absolute atomic E-state index is 11.3. The lowest BCUT2D eigenvalue weighted by Crippen LogP contribution is -2.31. The first-order chi connectivity index (χ1) is 6.69. The molecule has 1 rings (SSSR count). The van der Waals surface area contributed by atoms with Crippen LogP contribution >= 0.6 is 0 Å². The Morgan fingerprint density at radius 1 is 1.29 bits per heavy atom. The molecule has 0 aliphatic carbocycles. The van der Waals surface area contributed by atoms with Crippen molar-refractivity contribution in [1.82, 2.24) is 9.55 Å². The van der Waals surface area contributed by atoms with Crippen LogP contribution < -0.4 is 11.2 Å². The van der Waals surface area contributed by atoms with Gasteiger partial charge in [0.15, 0.2) is 0 Å². The second-order valence-electron chi connectivity index (χ2n) is 3.36. The van der Waals surface area contributed by atoms with Crippen molar-refractivity contribution < 1.29 is 0 Å². The molecule has 0 amide bonds. The lowest BCUT2D eigenvalue weighted by molar-refractivity contribution is 0.623. The fourth-order valence-corrected chi connectivity index (χ4v) is 1.41. The summed E-state index contributed by atoms with van der Waals surface area (Å²) in [5, 5.41) is 0. The Balaban J connectivity index is 3.13. The zero-order valence-electron chi connectivity index (χ0n) is 8.67. The first kappa shape index (κ1) is 10.8. The molecule has 0 aromatic carbocycles. The molecule has 0 fully saturated rings. The van der Waals surface area contributed by atoms with E-state index in [-0.39, 0.29) is 11.2 Å². The van der Waals surface area contributed by atoms with Crippen LogP contribution in [0.5, 0.6) is 0 Å². The summed E-state index contributed by atoms with van der Waals surface area (Å²) in [7, 11) is 0. The molecule has 0 spiro atoms. The van der Waals surface area contributed by atoms with Crippen molar-refractivity contribution >= 4 is 0 Å². The Kier molecular flexibility index (Phi) is 3.68. The van der Waals surface area contributed by atoms with Gasteiger partial charge >= 0.3 is 5.69 Å². The normalized spacial score (nSPS) is 10.4. The molecule has 0 bridgehead atoms. The van der Waals surface area contributed by atoms with Gasteiger partial charge in [0, 0.05) is 18.3 Å². The van der Waals surface area contributed by atoms with Crippen LogP contribution in [-0.2, 0) is 13.0 Å². The molecule has 1 aromatic rings. The minimum atomic E-state index is -0.309. The molecule has 1 N–H and O–H groups in total. The van der Waals surface area contributed by atoms with Crippen molar-refractivity contribution in [3.8, 4) is 0 Å². The van der Waals surface area contributed by atoms with E-state index in [0.29, 0.717) is 12.1 Å². The smallest absolute Gasteiger partial charge is 0.300 e. The van der Waals surface area contributed by atoms with Gasteiger partial charge in [0.05, 0.1) is 0 Å². The molecule has 0 aliphatic rings. The third kappa shape index (κ3) is 2.34. The van der Waals surface area contributed by atoms with Gasteiger partial charge in [-0.1, -0.05) is 20.3 Å². The predicted molar refractivity (Wildman–Crippen MR) is 55.6 cm³/mol. The van der Waals surface area contributed by atoms with Crippen LogP contribution in [0.4, 0.5) is 0 Å². The van der Waals surface area contributed by atoms with Gasteiger partial charge in [-0.25, -0.2) is 4.79 Å². The van der Waals surface area contributed by atoms with E-state index in [1.54, 1.807) is 10.8 Å². The molecule has 78 valence electrons. The molecular formula is C10H16N2O2. The summed E-state index contributed by atoms with van der Waals surface area (Å²) in [6.07, 6.45) is 4.19. The Labute approximate surface area is 82.6 Å². The fourth-order valence-electron chi connectivity index (χ4n) is 1.41. The van der Waals surface area contributed by atoms with Gasteiger partial charge in [0.2, 0.25) is 0 Å². The number of aryl methyl sites for hydroxylation is 2. The lowest BCUT2D eigenvalue weighted by atomic mass is 10.2. The van der Waals surface area contributed by atoms with E-state index in [1.807, 2.05) is 13.8 Å². The molecule has 4 heteroatoms. The Bertz CT molecular complexity index is 368. The van der Waals surface area contributed by atoms with Gasteiger partial charge < -0.3 is 4.57 Å². The molecule has 0 unspecified atom stereocenters. The zero-order valence-corrected chi connectivity index (χ0v) is 8.67. The van der Waals surface area contributed by atoms with E-state index < -0.39 is 0 Å². The van der Waals surface area contributed by atoms with E-state index in [1.165, 1.54) is 0 Å². The van der Waals surface area contributed by atoms with Crippen molar-refractivity contribution in [2.75, 3.05) is 0 Å². The number of nitrogens with one attached hydrogen (secondary N) is 1. The molecule has 0 saturated carbocycles. The first-order valence-corrected chi connectivity index (χ1v) is 5.01. The van der Waals surface area contributed by atoms with Crippen molar-refractivity contribution in [3.05, 3.63) is 32.6 Å². The maximum atomic E-state index is 11.3. The number of hydrogen-bond donors (Lipinski definition) is 1. The number of rotatable bonds is 4. The standard InChI is InChI=1S/C10H16N2O2/c1-3-5-8-7-12(6-4-2)10(14)11-9(8)13/h7H,3-6H2,1-2H3,(H,11,13,14). The first-order valence-electron chi connectivity index (χ1n) is 5.01. The van der Waals surface area contributed by atoms with Gasteiger partial charge in [-0.05, 0) is 12.8 Å². The number of aromatic amines is 1. The summed E-state index contributed by atoms with van der Waals surface area (Å²) < 4.78 is 1.56. The zero-order chi connectivity index (χ0) is 10.6. The Morgan fingerprint density at radius 2 is 2.00 bits per heavy atom. The maximum Gasteiger partial charge on any atom is 0.328 e. The minimum absolute atomic E-state index is 0.246. The Hall–Kier alpha value is -1.32. The van der Waals surface area contributed by atoms with E-state index in [9.17, 15) is 9.59 Å². The summed E-state index contributed by atoms with van der Waals surface area (Å²) in [6.45, 7) is 4.66. The van der Waals surface area contributed by atoms with Gasteiger partial charge in [0.1, 0.15) is 0 Å². The van der Waals surface area contributed by atoms with Crippen molar-refractivity contribution in [2.45, 2.75) is 39.7 Å². The highest BCUT2D eigenvalue weighted by molar-refractivity contribution is 5.04. The SMILES string of the molecule is CCCc1cn(CCC)c(=O)[nH]c1=O. The summed E-state index contributed by atoms with van der Waals surface area (Å²) in [5.74, 6) is 0. The molecular weight excluding hydrogens is 180 g/mol. The van der Waals surface area contributed by atoms with Crippen molar-refractivity contribution in [1.29, 1.82) is 0 Å². The largest absolute Gasteiger partial charge is 0.328 e. The van der Waals surface area contributed by atoms with E-state index in [0.717, 1.165) is 19.3 Å². The molecule has 4 nitrogen and oxygen atoms in total. The van der Waals surface area contributed by atoms with Gasteiger partial charge in [-0.15, -0.1) is 0 Å². The highest BCUT2D eigenvalue weighted by atomic mass is 16.2. The van der Waals surface area contributed by atoms with Gasteiger partial charge in [-0.2, -0.15) is 0 Å². The summed E-state index contributed by atoms with van der Waals surface area (Å²) >= 11 is 0. The quantitative estimate of drug-likeness (QED) is 0.777. The fraction of sp³-hybridized carbons (Fsp3) is 0.600. The summed E-state index contributed by atoms with van der Waals surface area (Å²) in [5.41, 5.74) is 0.140. The number of nitrogens with zero attached hydrogens (tertiary/aromatic N) is 1. The highest BCUT2D eigenvalue weighted by Crippen LogP contribution is 1.94. The second kappa shape index (κ2) is 4.79. The number of aromatic nitrogens is 2. The van der Waals surface area contributed by atoms with Crippen LogP contribution in [0.2, 0.25) is 0 Å². The van der Waals surface area contributed by atoms with E-state index in [4.69, 9.17) is 0 Å².